The van der Waals surface area contributed by atoms with Gasteiger partial charge in [0.1, 0.15) is 11.4 Å². The van der Waals surface area contributed by atoms with Gasteiger partial charge in [-0.15, -0.1) is 0 Å². The van der Waals surface area contributed by atoms with Crippen molar-refractivity contribution in [2.75, 3.05) is 0 Å². The Kier molecular flexibility index (Phi) is 3.78. The maximum Gasteiger partial charge on any atom is 0.289 e. The van der Waals surface area contributed by atoms with Crippen LogP contribution in [0.25, 0.3) is 10.8 Å². The number of nitrogens with one attached hydrogen (secondary N) is 1. The van der Waals surface area contributed by atoms with Crippen molar-refractivity contribution in [2.45, 2.75) is 0 Å². The van der Waals surface area contributed by atoms with Gasteiger partial charge >= 0.3 is 0 Å². The van der Waals surface area contributed by atoms with E-state index >= 15 is 0 Å². The lowest BCUT2D eigenvalue weighted by Gasteiger charge is -2.04. The van der Waals surface area contributed by atoms with Crippen molar-refractivity contribution in [3.8, 4) is 5.75 Å². The van der Waals surface area contributed by atoms with Crippen LogP contribution in [0.1, 0.15) is 16.1 Å². The summed E-state index contributed by atoms with van der Waals surface area (Å²) in [4.78, 5) is 15.8. The number of amides is 1. The average molecular weight is 291 g/mol. The first kappa shape index (κ1) is 13.8. The van der Waals surface area contributed by atoms with Crippen LogP contribution in [-0.4, -0.2) is 22.2 Å². The number of hydrogen-bond donors (Lipinski definition) is 2. The van der Waals surface area contributed by atoms with Gasteiger partial charge in [-0.25, -0.2) is 5.43 Å². The van der Waals surface area contributed by atoms with E-state index in [0.29, 0.717) is 5.56 Å². The first-order valence-electron chi connectivity index (χ1n) is 6.71. The number of carbonyl (C=O) groups is 1. The number of pyridine rings is 1. The summed E-state index contributed by atoms with van der Waals surface area (Å²) in [5, 5.41) is 15.7. The lowest BCUT2D eigenvalue weighted by atomic mass is 10.0. The molecule has 0 radical (unpaired) electrons. The lowest BCUT2D eigenvalue weighted by molar-refractivity contribution is 0.0950. The van der Waals surface area contributed by atoms with E-state index in [9.17, 15) is 9.90 Å². The normalized spacial score (nSPS) is 10.9. The predicted molar refractivity (Wildman–Crippen MR) is 84.9 cm³/mol. The molecule has 0 fully saturated rings. The molecule has 0 aliphatic carbocycles. The van der Waals surface area contributed by atoms with Crippen LogP contribution in [0, 0.1) is 0 Å². The molecule has 0 unspecified atom stereocenters. The highest BCUT2D eigenvalue weighted by atomic mass is 16.3. The Morgan fingerprint density at radius 3 is 2.73 bits per heavy atom. The average Bonchev–Trinajstić information content (AvgIpc) is 2.57. The Hall–Kier alpha value is -3.21. The van der Waals surface area contributed by atoms with Crippen molar-refractivity contribution in [1.29, 1.82) is 0 Å². The third-order valence-electron chi connectivity index (χ3n) is 3.20. The molecule has 0 saturated carbocycles. The predicted octanol–water partition coefficient (Wildman–Crippen LogP) is 2.70. The second-order valence-corrected chi connectivity index (χ2v) is 4.63. The van der Waals surface area contributed by atoms with Crippen molar-refractivity contribution in [3.05, 3.63) is 72.1 Å². The van der Waals surface area contributed by atoms with Crippen molar-refractivity contribution < 1.29 is 9.90 Å². The second kappa shape index (κ2) is 6.05. The van der Waals surface area contributed by atoms with Gasteiger partial charge in [-0.1, -0.05) is 36.4 Å². The van der Waals surface area contributed by atoms with Crippen LogP contribution in [0.5, 0.6) is 5.75 Å². The summed E-state index contributed by atoms with van der Waals surface area (Å²) in [7, 11) is 0. The van der Waals surface area contributed by atoms with E-state index in [0.717, 1.165) is 10.8 Å². The second-order valence-electron chi connectivity index (χ2n) is 4.63. The molecule has 5 nitrogen and oxygen atoms in total. The Labute approximate surface area is 126 Å². The van der Waals surface area contributed by atoms with Gasteiger partial charge in [0.05, 0.1) is 6.21 Å². The Balaban J connectivity index is 1.84. The third-order valence-corrected chi connectivity index (χ3v) is 3.20. The topological polar surface area (TPSA) is 74.6 Å². The smallest absolute Gasteiger partial charge is 0.289 e. The molecule has 0 aliphatic rings. The van der Waals surface area contributed by atoms with Gasteiger partial charge in [0, 0.05) is 11.8 Å². The number of aromatic hydroxyl groups is 1. The number of carbonyl (C=O) groups excluding carboxylic acids is 1. The molecule has 1 amide bonds. The van der Waals surface area contributed by atoms with Crippen molar-refractivity contribution in [1.82, 2.24) is 10.4 Å². The summed E-state index contributed by atoms with van der Waals surface area (Å²) in [5.74, 6) is -0.300. The first-order valence-corrected chi connectivity index (χ1v) is 6.71. The summed E-state index contributed by atoms with van der Waals surface area (Å²) in [6.07, 6.45) is 2.97. The number of nitrogens with zero attached hydrogens (tertiary/aromatic N) is 2. The van der Waals surface area contributed by atoms with Crippen LogP contribution in [0.2, 0.25) is 0 Å². The minimum atomic E-state index is -0.406. The van der Waals surface area contributed by atoms with Gasteiger partial charge in [0.15, 0.2) is 0 Å². The van der Waals surface area contributed by atoms with Crippen LogP contribution in [-0.2, 0) is 0 Å². The molecular weight excluding hydrogens is 278 g/mol. The fourth-order valence-corrected chi connectivity index (χ4v) is 2.13. The SMILES string of the molecule is O=C(N/N=C/c1c(O)ccc2ccccc12)c1ccccn1. The largest absolute Gasteiger partial charge is 0.507 e. The number of fused-ring (bicyclic) bond motifs is 1. The van der Waals surface area contributed by atoms with Crippen LogP contribution < -0.4 is 5.43 Å². The highest BCUT2D eigenvalue weighted by molar-refractivity contribution is 6.02. The highest BCUT2D eigenvalue weighted by Crippen LogP contribution is 2.25. The lowest BCUT2D eigenvalue weighted by Crippen LogP contribution is -2.18. The quantitative estimate of drug-likeness (QED) is 0.575. The molecule has 0 aliphatic heterocycles. The van der Waals surface area contributed by atoms with Gasteiger partial charge in [-0.2, -0.15) is 5.10 Å². The van der Waals surface area contributed by atoms with E-state index in [1.165, 1.54) is 12.4 Å². The van der Waals surface area contributed by atoms with E-state index in [4.69, 9.17) is 0 Å². The molecule has 1 aromatic heterocycles. The van der Waals surface area contributed by atoms with Gasteiger partial charge < -0.3 is 5.11 Å². The number of aromatic nitrogens is 1. The molecule has 3 rings (SSSR count). The van der Waals surface area contributed by atoms with Gasteiger partial charge in [0.2, 0.25) is 0 Å². The number of rotatable bonds is 3. The molecule has 3 aromatic rings. The summed E-state index contributed by atoms with van der Waals surface area (Å²) >= 11 is 0. The van der Waals surface area contributed by atoms with Crippen molar-refractivity contribution in [2.24, 2.45) is 5.10 Å². The van der Waals surface area contributed by atoms with Crippen LogP contribution in [0.15, 0.2) is 65.9 Å². The third kappa shape index (κ3) is 2.78. The van der Waals surface area contributed by atoms with Gasteiger partial charge in [0.25, 0.3) is 5.91 Å². The zero-order chi connectivity index (χ0) is 15.4. The zero-order valence-corrected chi connectivity index (χ0v) is 11.6. The summed E-state index contributed by atoms with van der Waals surface area (Å²) in [6.45, 7) is 0. The molecule has 5 heteroatoms. The maximum absolute atomic E-state index is 11.8. The minimum absolute atomic E-state index is 0.106. The van der Waals surface area contributed by atoms with Crippen molar-refractivity contribution in [3.63, 3.8) is 0 Å². The molecule has 0 atom stereocenters. The van der Waals surface area contributed by atoms with E-state index in [1.807, 2.05) is 30.3 Å². The number of hydrogen-bond acceptors (Lipinski definition) is 4. The fraction of sp³-hybridized carbons (Fsp3) is 0. The number of hydrazone groups is 1. The molecular formula is C17H13N3O2. The van der Waals surface area contributed by atoms with Gasteiger partial charge in [-0.05, 0) is 29.0 Å². The molecule has 2 N–H and O–H groups in total. The zero-order valence-electron chi connectivity index (χ0n) is 11.6. The molecule has 22 heavy (non-hydrogen) atoms. The molecule has 0 saturated heterocycles. The van der Waals surface area contributed by atoms with Crippen LogP contribution in [0.4, 0.5) is 0 Å². The van der Waals surface area contributed by atoms with Crippen LogP contribution >= 0.6 is 0 Å². The Morgan fingerprint density at radius 2 is 1.91 bits per heavy atom. The molecule has 2 aromatic carbocycles. The number of phenols is 1. The van der Waals surface area contributed by atoms with Gasteiger partial charge in [-0.3, -0.25) is 9.78 Å². The Bertz CT molecular complexity index is 845. The van der Waals surface area contributed by atoms with E-state index < -0.39 is 5.91 Å². The molecule has 108 valence electrons. The standard InChI is InChI=1S/C17H13N3O2/c21-16-9-8-12-5-1-2-6-13(12)14(16)11-19-20-17(22)15-7-3-4-10-18-15/h1-11,21H,(H,20,22)/b19-11+. The van der Waals surface area contributed by atoms with E-state index in [-0.39, 0.29) is 11.4 Å². The minimum Gasteiger partial charge on any atom is -0.507 e. The van der Waals surface area contributed by atoms with Crippen molar-refractivity contribution >= 4 is 22.9 Å². The summed E-state index contributed by atoms with van der Waals surface area (Å²) < 4.78 is 0. The van der Waals surface area contributed by atoms with Crippen LogP contribution in [0.3, 0.4) is 0 Å². The Morgan fingerprint density at radius 1 is 1.09 bits per heavy atom. The monoisotopic (exact) mass is 291 g/mol. The maximum atomic E-state index is 11.8. The molecule has 0 spiro atoms. The summed E-state index contributed by atoms with van der Waals surface area (Å²) in [5.41, 5.74) is 3.23. The van der Waals surface area contributed by atoms with E-state index in [1.54, 1.807) is 24.3 Å². The first-order chi connectivity index (χ1) is 10.8. The van der Waals surface area contributed by atoms with E-state index in [2.05, 4.69) is 15.5 Å². The molecule has 1 heterocycles. The number of phenolic OH excluding ortho intramolecular Hbond substituents is 1. The molecule has 0 bridgehead atoms. The fourth-order valence-electron chi connectivity index (χ4n) is 2.13. The summed E-state index contributed by atoms with van der Waals surface area (Å²) in [6, 6.07) is 16.1. The number of benzene rings is 2. The highest BCUT2D eigenvalue weighted by Gasteiger charge is 2.06.